The van der Waals surface area contributed by atoms with Gasteiger partial charge in [-0.1, -0.05) is 12.1 Å². The minimum absolute atomic E-state index is 0.0321. The predicted molar refractivity (Wildman–Crippen MR) is 75.6 cm³/mol. The van der Waals surface area contributed by atoms with Gasteiger partial charge in [0.1, 0.15) is 0 Å². The van der Waals surface area contributed by atoms with Crippen molar-refractivity contribution in [2.75, 3.05) is 31.4 Å². The first-order valence-electron chi connectivity index (χ1n) is 6.21. The average molecular weight is 281 g/mol. The molecule has 2 rings (SSSR count). The lowest BCUT2D eigenvalue weighted by molar-refractivity contribution is -0.117. The molecule has 0 N–H and O–H groups in total. The third-order valence-corrected chi connectivity index (χ3v) is 3.69. The Morgan fingerprint density at radius 2 is 2.11 bits per heavy atom. The van der Waals surface area contributed by atoms with Gasteiger partial charge in [-0.3, -0.25) is 9.59 Å². The van der Waals surface area contributed by atoms with Crippen LogP contribution < -0.4 is 4.90 Å². The molecule has 1 fully saturated rings. The second kappa shape index (κ2) is 5.61. The summed E-state index contributed by atoms with van der Waals surface area (Å²) in [5.41, 5.74) is 1.23. The molecule has 1 heterocycles. The maximum atomic E-state index is 12.1. The summed E-state index contributed by atoms with van der Waals surface area (Å²) >= 11 is 5.82. The summed E-state index contributed by atoms with van der Waals surface area (Å²) in [6, 6.07) is 7.20. The highest BCUT2D eigenvalue weighted by Gasteiger charge is 2.32. The van der Waals surface area contributed by atoms with E-state index in [0.717, 1.165) is 0 Å². The van der Waals surface area contributed by atoms with Gasteiger partial charge in [0.15, 0.2) is 0 Å². The number of hydrogen-bond acceptors (Lipinski definition) is 2. The number of carbonyl (C=O) groups excluding carboxylic acids is 2. The smallest absolute Gasteiger partial charge is 0.255 e. The predicted octanol–water partition coefficient (Wildman–Crippen LogP) is 1.98. The zero-order chi connectivity index (χ0) is 14.0. The summed E-state index contributed by atoms with van der Waals surface area (Å²) < 4.78 is 0. The van der Waals surface area contributed by atoms with Crippen LogP contribution in [-0.2, 0) is 4.79 Å². The molecule has 0 spiro atoms. The van der Waals surface area contributed by atoms with Crippen LogP contribution in [0.1, 0.15) is 16.8 Å². The quantitative estimate of drug-likeness (QED) is 0.795. The molecule has 1 aliphatic rings. The fraction of sp³-hybridized carbons (Fsp3) is 0.429. The lowest BCUT2D eigenvalue weighted by Crippen LogP contribution is -2.29. The Balaban J connectivity index is 2.35. The van der Waals surface area contributed by atoms with Crippen molar-refractivity contribution in [3.63, 3.8) is 0 Å². The molecule has 1 aromatic carbocycles. The molecule has 5 heteroatoms. The Morgan fingerprint density at radius 1 is 1.42 bits per heavy atom. The van der Waals surface area contributed by atoms with Crippen molar-refractivity contribution in [1.29, 1.82) is 0 Å². The van der Waals surface area contributed by atoms with Crippen LogP contribution in [0, 0.1) is 5.92 Å². The number of nitrogens with zero attached hydrogens (tertiary/aromatic N) is 2. The summed E-state index contributed by atoms with van der Waals surface area (Å²) in [7, 11) is 3.40. The van der Waals surface area contributed by atoms with Gasteiger partial charge in [0, 0.05) is 32.9 Å². The Kier molecular flexibility index (Phi) is 4.10. The first kappa shape index (κ1) is 13.9. The van der Waals surface area contributed by atoms with Gasteiger partial charge in [-0.05, 0) is 18.1 Å². The van der Waals surface area contributed by atoms with Crippen molar-refractivity contribution in [2.24, 2.45) is 5.92 Å². The van der Waals surface area contributed by atoms with E-state index in [1.807, 2.05) is 12.1 Å². The molecule has 4 nitrogen and oxygen atoms in total. The topological polar surface area (TPSA) is 40.6 Å². The Bertz CT molecular complexity index is 502. The van der Waals surface area contributed by atoms with Crippen LogP contribution in [0.2, 0.25) is 0 Å². The van der Waals surface area contributed by atoms with Crippen LogP contribution in [0.3, 0.4) is 0 Å². The van der Waals surface area contributed by atoms with Crippen molar-refractivity contribution < 1.29 is 9.59 Å². The van der Waals surface area contributed by atoms with Crippen molar-refractivity contribution in [2.45, 2.75) is 6.42 Å². The lowest BCUT2D eigenvalue weighted by atomic mass is 10.1. The Hall–Kier alpha value is -1.55. The minimum atomic E-state index is -0.0993. The summed E-state index contributed by atoms with van der Waals surface area (Å²) in [6.45, 7) is 0.583. The molecule has 1 unspecified atom stereocenters. The van der Waals surface area contributed by atoms with Gasteiger partial charge in [-0.15, -0.1) is 11.6 Å². The van der Waals surface area contributed by atoms with E-state index < -0.39 is 0 Å². The van der Waals surface area contributed by atoms with E-state index in [1.165, 1.54) is 4.90 Å². The molecule has 0 aliphatic carbocycles. The van der Waals surface area contributed by atoms with Crippen LogP contribution in [0.4, 0.5) is 5.69 Å². The fourth-order valence-corrected chi connectivity index (χ4v) is 2.46. The molecule has 2 amide bonds. The minimum Gasteiger partial charge on any atom is -0.345 e. The van der Waals surface area contributed by atoms with E-state index in [2.05, 4.69) is 0 Å². The largest absolute Gasteiger partial charge is 0.345 e. The molecule has 1 saturated heterocycles. The van der Waals surface area contributed by atoms with Crippen LogP contribution >= 0.6 is 11.6 Å². The molecule has 1 atom stereocenters. The maximum absolute atomic E-state index is 12.1. The first-order valence-corrected chi connectivity index (χ1v) is 6.75. The van der Waals surface area contributed by atoms with E-state index in [-0.39, 0.29) is 17.7 Å². The number of anilines is 1. The van der Waals surface area contributed by atoms with Crippen molar-refractivity contribution in [3.05, 3.63) is 29.8 Å². The molecule has 0 aromatic heterocycles. The molecule has 19 heavy (non-hydrogen) atoms. The zero-order valence-corrected chi connectivity index (χ0v) is 11.9. The van der Waals surface area contributed by atoms with Gasteiger partial charge in [0.05, 0.1) is 11.3 Å². The molecule has 1 aliphatic heterocycles. The highest BCUT2D eigenvalue weighted by molar-refractivity contribution is 6.18. The summed E-state index contributed by atoms with van der Waals surface area (Å²) in [5, 5.41) is 0. The summed E-state index contributed by atoms with van der Waals surface area (Å²) in [4.78, 5) is 27.4. The molecule has 102 valence electrons. The molecular formula is C14H17ClN2O2. The van der Waals surface area contributed by atoms with Gasteiger partial charge in [-0.25, -0.2) is 0 Å². The molecular weight excluding hydrogens is 264 g/mol. The van der Waals surface area contributed by atoms with Crippen LogP contribution in [0.5, 0.6) is 0 Å². The molecule has 1 aromatic rings. The second-order valence-corrected chi connectivity index (χ2v) is 5.25. The van der Waals surface area contributed by atoms with E-state index in [4.69, 9.17) is 11.6 Å². The summed E-state index contributed by atoms with van der Waals surface area (Å²) in [5.74, 6) is 0.561. The first-order chi connectivity index (χ1) is 9.04. The van der Waals surface area contributed by atoms with Crippen molar-refractivity contribution in [1.82, 2.24) is 4.90 Å². The van der Waals surface area contributed by atoms with Crippen molar-refractivity contribution >= 4 is 29.1 Å². The molecule has 0 radical (unpaired) electrons. The SMILES string of the molecule is CN(C)C(=O)c1ccccc1N1CC(CCl)CC1=O. The number of para-hydroxylation sites is 1. The van der Waals surface area contributed by atoms with E-state index in [0.29, 0.717) is 30.1 Å². The number of hydrogen-bond donors (Lipinski definition) is 0. The van der Waals surface area contributed by atoms with Gasteiger partial charge in [0.2, 0.25) is 5.91 Å². The number of alkyl halides is 1. The van der Waals surface area contributed by atoms with Crippen molar-refractivity contribution in [3.8, 4) is 0 Å². The standard InChI is InChI=1S/C14H17ClN2O2/c1-16(2)14(19)11-5-3-4-6-12(11)17-9-10(8-15)7-13(17)18/h3-6,10H,7-9H2,1-2H3. The third-order valence-electron chi connectivity index (χ3n) is 3.25. The monoisotopic (exact) mass is 280 g/mol. The normalized spacial score (nSPS) is 18.8. The number of carbonyl (C=O) groups is 2. The Morgan fingerprint density at radius 3 is 2.68 bits per heavy atom. The van der Waals surface area contributed by atoms with E-state index in [9.17, 15) is 9.59 Å². The third kappa shape index (κ3) is 2.73. The summed E-state index contributed by atoms with van der Waals surface area (Å²) in [6.07, 6.45) is 0.452. The van der Waals surface area contributed by atoms with Gasteiger partial charge in [0.25, 0.3) is 5.91 Å². The highest BCUT2D eigenvalue weighted by Crippen LogP contribution is 2.29. The van der Waals surface area contributed by atoms with E-state index >= 15 is 0 Å². The number of halogens is 1. The number of benzene rings is 1. The lowest BCUT2D eigenvalue weighted by Gasteiger charge is -2.21. The average Bonchev–Trinajstić information content (AvgIpc) is 2.79. The van der Waals surface area contributed by atoms with Gasteiger partial charge in [-0.2, -0.15) is 0 Å². The van der Waals surface area contributed by atoms with Crippen LogP contribution in [0.25, 0.3) is 0 Å². The Labute approximate surface area is 117 Å². The maximum Gasteiger partial charge on any atom is 0.255 e. The number of rotatable bonds is 3. The number of amides is 2. The van der Waals surface area contributed by atoms with Gasteiger partial charge < -0.3 is 9.80 Å². The van der Waals surface area contributed by atoms with Crippen LogP contribution in [-0.4, -0.2) is 43.2 Å². The fourth-order valence-electron chi connectivity index (χ4n) is 2.25. The van der Waals surface area contributed by atoms with E-state index in [1.54, 1.807) is 31.1 Å². The second-order valence-electron chi connectivity index (χ2n) is 4.95. The van der Waals surface area contributed by atoms with Crippen LogP contribution in [0.15, 0.2) is 24.3 Å². The van der Waals surface area contributed by atoms with Gasteiger partial charge >= 0.3 is 0 Å². The molecule has 0 bridgehead atoms. The highest BCUT2D eigenvalue weighted by atomic mass is 35.5. The molecule has 0 saturated carbocycles. The zero-order valence-electron chi connectivity index (χ0n) is 11.1.